The predicted octanol–water partition coefficient (Wildman–Crippen LogP) is 4.62. The summed E-state index contributed by atoms with van der Waals surface area (Å²) in [6, 6.07) is 15.0. The van der Waals surface area contributed by atoms with Gasteiger partial charge in [0.05, 0.1) is 11.6 Å². The molecule has 0 fully saturated rings. The smallest absolute Gasteiger partial charge is 0.282 e. The van der Waals surface area contributed by atoms with Crippen molar-refractivity contribution < 1.29 is 14.3 Å². The Hall–Kier alpha value is -3.34. The van der Waals surface area contributed by atoms with Crippen molar-refractivity contribution in [1.82, 2.24) is 15.5 Å². The van der Waals surface area contributed by atoms with E-state index in [-0.39, 0.29) is 17.5 Å². The average Bonchev–Trinajstić information content (AvgIpc) is 3.28. The number of nitrogens with zero attached hydrogens (tertiary/aromatic N) is 2. The molecule has 0 saturated heterocycles. The molecule has 0 atom stereocenters. The second-order valence-corrected chi connectivity index (χ2v) is 7.59. The van der Waals surface area contributed by atoms with E-state index in [0.717, 1.165) is 22.5 Å². The van der Waals surface area contributed by atoms with Crippen molar-refractivity contribution >= 4 is 40.0 Å². The number of hydrogen-bond donors (Lipinski definition) is 1. The van der Waals surface area contributed by atoms with Crippen LogP contribution in [-0.4, -0.2) is 29.3 Å². The minimum Gasteiger partial charge on any atom is -0.490 e. The summed E-state index contributed by atoms with van der Waals surface area (Å²) in [7, 11) is 0. The molecular weight excluding hydrogens is 434 g/mol. The topological polar surface area (TPSA) is 73.3 Å². The van der Waals surface area contributed by atoms with E-state index in [0.29, 0.717) is 34.7 Å². The van der Waals surface area contributed by atoms with Crippen LogP contribution in [0.4, 0.5) is 0 Å². The normalized spacial score (nSPS) is 10.9. The Morgan fingerprint density at radius 2 is 1.94 bits per heavy atom. The van der Waals surface area contributed by atoms with Crippen LogP contribution in [0.3, 0.4) is 0 Å². The van der Waals surface area contributed by atoms with Crippen molar-refractivity contribution in [2.75, 3.05) is 13.2 Å². The number of aromatic nitrogens is 2. The van der Waals surface area contributed by atoms with Gasteiger partial charge in [0, 0.05) is 6.54 Å². The molecule has 3 aromatic rings. The van der Waals surface area contributed by atoms with Crippen LogP contribution >= 0.6 is 22.9 Å². The second-order valence-electron chi connectivity index (χ2n) is 6.20. The lowest BCUT2D eigenvalue weighted by Crippen LogP contribution is -2.22. The fourth-order valence-electron chi connectivity index (χ4n) is 2.59. The molecule has 0 spiro atoms. The van der Waals surface area contributed by atoms with E-state index in [4.69, 9.17) is 27.5 Å². The molecule has 8 heteroatoms. The van der Waals surface area contributed by atoms with E-state index in [9.17, 15) is 4.79 Å². The summed E-state index contributed by atoms with van der Waals surface area (Å²) >= 11 is 7.54. The van der Waals surface area contributed by atoms with Gasteiger partial charge in [0.15, 0.2) is 16.5 Å². The molecule has 1 N–H and O–H groups in total. The van der Waals surface area contributed by atoms with Crippen molar-refractivity contribution in [2.24, 2.45) is 0 Å². The van der Waals surface area contributed by atoms with Gasteiger partial charge in [-0.2, -0.15) is 0 Å². The van der Waals surface area contributed by atoms with Gasteiger partial charge in [0.2, 0.25) is 5.01 Å². The molecule has 0 aliphatic heterocycles. The molecule has 1 aromatic heterocycles. The van der Waals surface area contributed by atoms with Gasteiger partial charge in [-0.3, -0.25) is 4.79 Å². The Morgan fingerprint density at radius 1 is 1.16 bits per heavy atom. The highest BCUT2D eigenvalue weighted by Gasteiger charge is 2.15. The fraction of sp³-hybridized carbons (Fsp3) is 0.174. The maximum Gasteiger partial charge on any atom is 0.282 e. The van der Waals surface area contributed by atoms with E-state index < -0.39 is 0 Å². The van der Waals surface area contributed by atoms with E-state index in [1.165, 1.54) is 0 Å². The number of terminal acetylenes is 1. The molecule has 0 aliphatic carbocycles. The third-order valence-corrected chi connectivity index (χ3v) is 5.35. The number of hydrogen-bond acceptors (Lipinski definition) is 6. The Labute approximate surface area is 189 Å². The quantitative estimate of drug-likeness (QED) is 0.479. The number of benzene rings is 2. The number of nitrogens with one attached hydrogen (secondary N) is 1. The van der Waals surface area contributed by atoms with Crippen LogP contribution in [0.1, 0.15) is 32.9 Å². The molecule has 2 aromatic carbocycles. The average molecular weight is 454 g/mol. The summed E-state index contributed by atoms with van der Waals surface area (Å²) in [6.45, 7) is 2.92. The first-order valence-electron chi connectivity index (χ1n) is 9.47. The first-order valence-corrected chi connectivity index (χ1v) is 10.7. The number of carbonyl (C=O) groups excluding carboxylic acids is 1. The van der Waals surface area contributed by atoms with Crippen LogP contribution in [0.5, 0.6) is 11.5 Å². The van der Waals surface area contributed by atoms with Gasteiger partial charge < -0.3 is 14.8 Å². The lowest BCUT2D eigenvalue weighted by molar-refractivity contribution is 0.0950. The Bertz CT molecular complexity index is 1110. The summed E-state index contributed by atoms with van der Waals surface area (Å²) < 4.78 is 11.1. The molecular formula is C23H20ClN3O3S. The maximum absolute atomic E-state index is 12.3. The number of amides is 1. The van der Waals surface area contributed by atoms with Crippen LogP contribution in [-0.2, 0) is 6.54 Å². The minimum absolute atomic E-state index is 0.149. The number of ether oxygens (including phenoxy) is 2. The standard InChI is InChI=1S/C23H20ClN3O3S/c1-3-12-30-19-11-10-17(14-20(19)29-4-2)13-18(24)22-26-27-23(31-22)21(28)25-15-16-8-6-5-7-9-16/h1,5-11,13-14H,4,12,15H2,2H3,(H,25,28). The highest BCUT2D eigenvalue weighted by atomic mass is 35.5. The molecule has 31 heavy (non-hydrogen) atoms. The Morgan fingerprint density at radius 3 is 2.68 bits per heavy atom. The summed E-state index contributed by atoms with van der Waals surface area (Å²) in [6.07, 6.45) is 6.97. The zero-order chi connectivity index (χ0) is 22.1. The molecule has 0 aliphatic rings. The highest BCUT2D eigenvalue weighted by molar-refractivity contribution is 7.15. The second kappa shape index (κ2) is 11.2. The van der Waals surface area contributed by atoms with E-state index >= 15 is 0 Å². The summed E-state index contributed by atoms with van der Waals surface area (Å²) in [5.74, 6) is 3.25. The summed E-state index contributed by atoms with van der Waals surface area (Å²) in [5, 5.41) is 11.9. The van der Waals surface area contributed by atoms with E-state index in [1.807, 2.05) is 43.3 Å². The highest BCUT2D eigenvalue weighted by Crippen LogP contribution is 2.31. The maximum atomic E-state index is 12.3. The van der Waals surface area contributed by atoms with Gasteiger partial charge in [0.25, 0.3) is 5.91 Å². The van der Waals surface area contributed by atoms with Crippen LogP contribution in [0, 0.1) is 12.3 Å². The summed E-state index contributed by atoms with van der Waals surface area (Å²) in [4.78, 5) is 12.3. The van der Waals surface area contributed by atoms with Crippen molar-refractivity contribution in [3.8, 4) is 23.8 Å². The van der Waals surface area contributed by atoms with Crippen molar-refractivity contribution in [3.05, 3.63) is 69.7 Å². The Kier molecular flexibility index (Phi) is 8.05. The van der Waals surface area contributed by atoms with Gasteiger partial charge in [-0.25, -0.2) is 0 Å². The zero-order valence-electron chi connectivity index (χ0n) is 16.8. The lowest BCUT2D eigenvalue weighted by Gasteiger charge is -2.11. The van der Waals surface area contributed by atoms with E-state index in [1.54, 1.807) is 18.2 Å². The van der Waals surface area contributed by atoms with Crippen LogP contribution in [0.2, 0.25) is 0 Å². The molecule has 3 rings (SSSR count). The van der Waals surface area contributed by atoms with Gasteiger partial charge >= 0.3 is 0 Å². The van der Waals surface area contributed by atoms with Crippen LogP contribution < -0.4 is 14.8 Å². The van der Waals surface area contributed by atoms with Gasteiger partial charge in [-0.1, -0.05) is 65.3 Å². The zero-order valence-corrected chi connectivity index (χ0v) is 18.4. The van der Waals surface area contributed by atoms with Crippen molar-refractivity contribution in [2.45, 2.75) is 13.5 Å². The number of rotatable bonds is 9. The molecule has 0 bridgehead atoms. The van der Waals surface area contributed by atoms with Gasteiger partial charge in [0.1, 0.15) is 6.61 Å². The number of carbonyl (C=O) groups is 1. The molecule has 0 saturated carbocycles. The third kappa shape index (κ3) is 6.32. The first kappa shape index (κ1) is 22.3. The molecule has 1 heterocycles. The minimum atomic E-state index is -0.300. The third-order valence-electron chi connectivity index (χ3n) is 3.99. The SMILES string of the molecule is C#CCOc1ccc(C=C(Cl)c2nnc(C(=O)NCc3ccccc3)s2)cc1OCC. The van der Waals surface area contributed by atoms with Gasteiger partial charge in [-0.15, -0.1) is 16.6 Å². The number of halogens is 1. The molecule has 1 amide bonds. The van der Waals surface area contributed by atoms with Crippen LogP contribution in [0.25, 0.3) is 11.1 Å². The molecule has 0 unspecified atom stereocenters. The monoisotopic (exact) mass is 453 g/mol. The largest absolute Gasteiger partial charge is 0.490 e. The van der Waals surface area contributed by atoms with Crippen molar-refractivity contribution in [1.29, 1.82) is 0 Å². The van der Waals surface area contributed by atoms with Crippen LogP contribution in [0.15, 0.2) is 48.5 Å². The Balaban J connectivity index is 1.70. The first-order chi connectivity index (χ1) is 15.1. The predicted molar refractivity (Wildman–Crippen MR) is 123 cm³/mol. The van der Waals surface area contributed by atoms with E-state index in [2.05, 4.69) is 21.4 Å². The van der Waals surface area contributed by atoms with Gasteiger partial charge in [-0.05, 0) is 36.3 Å². The van der Waals surface area contributed by atoms with Crippen molar-refractivity contribution in [3.63, 3.8) is 0 Å². The molecule has 6 nitrogen and oxygen atoms in total. The molecule has 158 valence electrons. The fourth-order valence-corrected chi connectivity index (χ4v) is 3.54. The lowest BCUT2D eigenvalue weighted by atomic mass is 10.2. The summed E-state index contributed by atoms with van der Waals surface area (Å²) in [5.41, 5.74) is 1.78. The molecule has 0 radical (unpaired) electrons.